The lowest BCUT2D eigenvalue weighted by atomic mass is 10.1. The molecule has 6 nitrogen and oxygen atoms in total. The smallest absolute Gasteiger partial charge is 0.254 e. The van der Waals surface area contributed by atoms with E-state index in [0.29, 0.717) is 36.8 Å². The number of nitrogens with zero attached hydrogens (tertiary/aromatic N) is 2. The Morgan fingerprint density at radius 3 is 2.38 bits per heavy atom. The Labute approximate surface area is 158 Å². The molecular weight excluding hydrogens is 374 g/mol. The first-order chi connectivity index (χ1) is 12.4. The quantitative estimate of drug-likeness (QED) is 0.864. The van der Waals surface area contributed by atoms with Crippen LogP contribution in [0.4, 0.5) is 5.69 Å². The number of carbonyl (C=O) groups excluding carboxylic acids is 1. The molecule has 1 N–H and O–H groups in total. The molecule has 2 aromatic rings. The van der Waals surface area contributed by atoms with Crippen molar-refractivity contribution >= 4 is 33.2 Å². The summed E-state index contributed by atoms with van der Waals surface area (Å²) in [6.07, 6.45) is 0. The summed E-state index contributed by atoms with van der Waals surface area (Å²) in [6, 6.07) is 13.7. The number of amides is 1. The van der Waals surface area contributed by atoms with E-state index in [1.54, 1.807) is 17.0 Å². The second-order valence-corrected chi connectivity index (χ2v) is 8.32. The van der Waals surface area contributed by atoms with E-state index in [-0.39, 0.29) is 10.8 Å². The van der Waals surface area contributed by atoms with Crippen LogP contribution in [0.1, 0.15) is 10.4 Å². The molecule has 1 aliphatic rings. The number of nitrogens with one attached hydrogen (secondary N) is 1. The van der Waals surface area contributed by atoms with Crippen molar-refractivity contribution in [1.29, 1.82) is 0 Å². The minimum atomic E-state index is -3.58. The molecule has 1 heterocycles. The molecule has 3 rings (SSSR count). The van der Waals surface area contributed by atoms with Gasteiger partial charge in [-0.15, -0.1) is 0 Å². The number of hydrogen-bond donors (Lipinski definition) is 1. The average molecular weight is 394 g/mol. The minimum absolute atomic E-state index is 0.0865. The van der Waals surface area contributed by atoms with Crippen molar-refractivity contribution in [3.8, 4) is 0 Å². The van der Waals surface area contributed by atoms with Crippen molar-refractivity contribution in [3.05, 3.63) is 59.1 Å². The molecule has 2 aromatic carbocycles. The van der Waals surface area contributed by atoms with Gasteiger partial charge in [0.05, 0.1) is 4.90 Å². The molecule has 1 amide bonds. The fraction of sp³-hybridized carbons (Fsp3) is 0.278. The summed E-state index contributed by atoms with van der Waals surface area (Å²) < 4.78 is 26.1. The molecule has 0 saturated carbocycles. The van der Waals surface area contributed by atoms with Crippen LogP contribution >= 0.6 is 11.6 Å². The lowest BCUT2D eigenvalue weighted by Gasteiger charge is -2.36. The molecule has 26 heavy (non-hydrogen) atoms. The normalized spacial score (nSPS) is 15.2. The van der Waals surface area contributed by atoms with Crippen LogP contribution in [0.2, 0.25) is 5.02 Å². The molecular formula is C18H20ClN3O3S. The zero-order valence-electron chi connectivity index (χ0n) is 14.4. The van der Waals surface area contributed by atoms with Crippen LogP contribution < -0.4 is 9.62 Å². The van der Waals surface area contributed by atoms with Gasteiger partial charge in [-0.1, -0.05) is 23.7 Å². The fourth-order valence-electron chi connectivity index (χ4n) is 2.94. The van der Waals surface area contributed by atoms with Crippen LogP contribution in [-0.2, 0) is 10.0 Å². The molecule has 1 saturated heterocycles. The Morgan fingerprint density at radius 2 is 1.73 bits per heavy atom. The highest BCUT2D eigenvalue weighted by atomic mass is 35.5. The SMILES string of the molecule is CNS(=O)(=O)c1cccc(C(=O)N2CCN(c3cccc(Cl)c3)CC2)c1. The summed E-state index contributed by atoms with van der Waals surface area (Å²) in [4.78, 5) is 16.7. The average Bonchev–Trinajstić information content (AvgIpc) is 2.67. The minimum Gasteiger partial charge on any atom is -0.368 e. The first-order valence-electron chi connectivity index (χ1n) is 8.24. The first-order valence-corrected chi connectivity index (χ1v) is 10.1. The molecule has 8 heteroatoms. The van der Waals surface area contributed by atoms with Gasteiger partial charge in [-0.05, 0) is 43.4 Å². The number of rotatable bonds is 4. The van der Waals surface area contributed by atoms with Gasteiger partial charge < -0.3 is 9.80 Å². The van der Waals surface area contributed by atoms with Gasteiger partial charge >= 0.3 is 0 Å². The van der Waals surface area contributed by atoms with Gasteiger partial charge in [0.25, 0.3) is 5.91 Å². The van der Waals surface area contributed by atoms with Crippen molar-refractivity contribution in [2.24, 2.45) is 0 Å². The van der Waals surface area contributed by atoms with Crippen molar-refractivity contribution < 1.29 is 13.2 Å². The number of halogens is 1. The maximum Gasteiger partial charge on any atom is 0.254 e. The Bertz CT molecular complexity index is 909. The molecule has 0 aliphatic carbocycles. The van der Waals surface area contributed by atoms with Gasteiger partial charge in [0, 0.05) is 42.5 Å². The maximum atomic E-state index is 12.7. The van der Waals surface area contributed by atoms with E-state index in [1.165, 1.54) is 19.2 Å². The van der Waals surface area contributed by atoms with Gasteiger partial charge in [-0.2, -0.15) is 0 Å². The Balaban J connectivity index is 1.70. The predicted molar refractivity (Wildman–Crippen MR) is 102 cm³/mol. The molecule has 0 spiro atoms. The Hall–Kier alpha value is -2.09. The van der Waals surface area contributed by atoms with Crippen molar-refractivity contribution in [3.63, 3.8) is 0 Å². The number of anilines is 1. The topological polar surface area (TPSA) is 69.7 Å². The number of piperazine rings is 1. The molecule has 0 unspecified atom stereocenters. The van der Waals surface area contributed by atoms with E-state index < -0.39 is 10.0 Å². The number of hydrogen-bond acceptors (Lipinski definition) is 4. The zero-order chi connectivity index (χ0) is 18.7. The molecule has 0 aromatic heterocycles. The van der Waals surface area contributed by atoms with E-state index in [0.717, 1.165) is 5.69 Å². The van der Waals surface area contributed by atoms with Gasteiger partial charge in [-0.25, -0.2) is 13.1 Å². The van der Waals surface area contributed by atoms with E-state index in [9.17, 15) is 13.2 Å². The highest BCUT2D eigenvalue weighted by Gasteiger charge is 2.23. The molecule has 1 fully saturated rings. The Kier molecular flexibility index (Phi) is 5.50. The number of sulfonamides is 1. The monoisotopic (exact) mass is 393 g/mol. The fourth-order valence-corrected chi connectivity index (χ4v) is 3.90. The largest absolute Gasteiger partial charge is 0.368 e. The van der Waals surface area contributed by atoms with Gasteiger partial charge in [0.1, 0.15) is 0 Å². The highest BCUT2D eigenvalue weighted by Crippen LogP contribution is 2.21. The second-order valence-electron chi connectivity index (χ2n) is 5.99. The molecule has 0 radical (unpaired) electrons. The third-order valence-corrected chi connectivity index (χ3v) is 6.05. The molecule has 1 aliphatic heterocycles. The Morgan fingerprint density at radius 1 is 1.04 bits per heavy atom. The lowest BCUT2D eigenvalue weighted by Crippen LogP contribution is -2.48. The summed E-state index contributed by atoms with van der Waals surface area (Å²) in [7, 11) is -2.23. The standard InChI is InChI=1S/C18H20ClN3O3S/c1-20-26(24,25)17-7-2-4-14(12-17)18(23)22-10-8-21(9-11-22)16-6-3-5-15(19)13-16/h2-7,12-13,20H,8-11H2,1H3. The zero-order valence-corrected chi connectivity index (χ0v) is 15.9. The predicted octanol–water partition coefficient (Wildman–Crippen LogP) is 2.21. The van der Waals surface area contributed by atoms with Crippen LogP contribution in [0, 0.1) is 0 Å². The van der Waals surface area contributed by atoms with E-state index in [2.05, 4.69) is 9.62 Å². The highest BCUT2D eigenvalue weighted by molar-refractivity contribution is 7.89. The van der Waals surface area contributed by atoms with Crippen LogP contribution in [0.5, 0.6) is 0 Å². The third kappa shape index (κ3) is 4.00. The molecule has 0 bridgehead atoms. The van der Waals surface area contributed by atoms with Crippen molar-refractivity contribution in [1.82, 2.24) is 9.62 Å². The van der Waals surface area contributed by atoms with Crippen LogP contribution in [-0.4, -0.2) is 52.5 Å². The summed E-state index contributed by atoms with van der Waals surface area (Å²) in [5.74, 6) is -0.163. The van der Waals surface area contributed by atoms with Crippen molar-refractivity contribution in [2.45, 2.75) is 4.90 Å². The van der Waals surface area contributed by atoms with Gasteiger partial charge in [0.15, 0.2) is 0 Å². The summed E-state index contributed by atoms with van der Waals surface area (Å²) in [6.45, 7) is 2.52. The van der Waals surface area contributed by atoms with E-state index in [4.69, 9.17) is 11.6 Å². The van der Waals surface area contributed by atoms with E-state index in [1.807, 2.05) is 24.3 Å². The van der Waals surface area contributed by atoms with E-state index >= 15 is 0 Å². The lowest BCUT2D eigenvalue weighted by molar-refractivity contribution is 0.0746. The first kappa shape index (κ1) is 18.7. The maximum absolute atomic E-state index is 12.7. The number of carbonyl (C=O) groups is 1. The molecule has 0 atom stereocenters. The molecule has 138 valence electrons. The van der Waals surface area contributed by atoms with Crippen LogP contribution in [0.25, 0.3) is 0 Å². The summed E-state index contributed by atoms with van der Waals surface area (Å²) >= 11 is 6.04. The van der Waals surface area contributed by atoms with Gasteiger partial charge in [0.2, 0.25) is 10.0 Å². The third-order valence-electron chi connectivity index (χ3n) is 4.40. The second kappa shape index (κ2) is 7.65. The van der Waals surface area contributed by atoms with Crippen molar-refractivity contribution in [2.75, 3.05) is 38.1 Å². The number of benzene rings is 2. The van der Waals surface area contributed by atoms with Crippen LogP contribution in [0.15, 0.2) is 53.4 Å². The van der Waals surface area contributed by atoms with Gasteiger partial charge in [-0.3, -0.25) is 4.79 Å². The summed E-state index contributed by atoms with van der Waals surface area (Å²) in [5, 5.41) is 0.684. The van der Waals surface area contributed by atoms with Crippen LogP contribution in [0.3, 0.4) is 0 Å². The summed E-state index contributed by atoms with van der Waals surface area (Å²) in [5.41, 5.74) is 1.41.